The first-order valence-corrected chi connectivity index (χ1v) is 9.99. The van der Waals surface area contributed by atoms with Crippen LogP contribution in [0.3, 0.4) is 0 Å². The zero-order valence-corrected chi connectivity index (χ0v) is 17.9. The molecule has 0 saturated heterocycles. The number of carbonyl (C=O) groups excluding carboxylic acids is 2. The van der Waals surface area contributed by atoms with Crippen LogP contribution in [0.4, 0.5) is 5.69 Å². The maximum Gasteiger partial charge on any atom is 0.350 e. The van der Waals surface area contributed by atoms with Gasteiger partial charge in [0.05, 0.1) is 12.8 Å². The average Bonchev–Trinajstić information content (AvgIpc) is 3.01. The molecular weight excluding hydrogens is 413 g/mol. The van der Waals surface area contributed by atoms with Crippen molar-refractivity contribution in [2.75, 3.05) is 12.4 Å². The number of nitrogens with one attached hydrogen (secondary N) is 1. The van der Waals surface area contributed by atoms with E-state index >= 15 is 0 Å². The summed E-state index contributed by atoms with van der Waals surface area (Å²) in [7, 11) is 1.33. The van der Waals surface area contributed by atoms with Crippen molar-refractivity contribution >= 4 is 52.4 Å². The van der Waals surface area contributed by atoms with E-state index in [1.165, 1.54) is 7.11 Å². The molecule has 0 unspecified atom stereocenters. The molecule has 0 atom stereocenters. The smallest absolute Gasteiger partial charge is 0.350 e. The Hall–Kier alpha value is -2.50. The van der Waals surface area contributed by atoms with Crippen molar-refractivity contribution in [3.63, 3.8) is 0 Å². The summed E-state index contributed by atoms with van der Waals surface area (Å²) in [5.74, 6) is -0.265. The Labute approximate surface area is 179 Å². The molecule has 29 heavy (non-hydrogen) atoms. The van der Waals surface area contributed by atoms with Gasteiger partial charge < -0.3 is 14.8 Å². The molecule has 0 spiro atoms. The average molecular weight is 434 g/mol. The first-order valence-electron chi connectivity index (χ1n) is 9.23. The lowest BCUT2D eigenvalue weighted by Gasteiger charge is -2.30. The first kappa shape index (κ1) is 21.2. The normalized spacial score (nSPS) is 14.5. The SMILES string of the molecule is CCC(CC)(Oc1ccc(Cl)cc1C=C1C(=O)Nc2cc(Cl)ccc21)C(=O)OC. The molecule has 1 aliphatic rings. The zero-order chi connectivity index (χ0) is 21.2. The Morgan fingerprint density at radius 1 is 1.10 bits per heavy atom. The number of methoxy groups -OCH3 is 1. The number of carbonyl (C=O) groups is 2. The number of esters is 1. The highest BCUT2D eigenvalue weighted by molar-refractivity contribution is 6.37. The molecule has 2 aromatic carbocycles. The second-order valence-corrected chi connectivity index (χ2v) is 7.55. The molecule has 2 aromatic rings. The molecule has 0 saturated carbocycles. The zero-order valence-electron chi connectivity index (χ0n) is 16.3. The highest BCUT2D eigenvalue weighted by Gasteiger charge is 2.39. The molecule has 0 radical (unpaired) electrons. The molecule has 0 aromatic heterocycles. The topological polar surface area (TPSA) is 64.6 Å². The number of rotatable bonds is 6. The van der Waals surface area contributed by atoms with E-state index in [9.17, 15) is 9.59 Å². The predicted octanol–water partition coefficient (Wildman–Crippen LogP) is 5.60. The van der Waals surface area contributed by atoms with Gasteiger partial charge in [-0.05, 0) is 49.2 Å². The van der Waals surface area contributed by atoms with E-state index in [0.717, 1.165) is 5.56 Å². The molecule has 7 heteroatoms. The van der Waals surface area contributed by atoms with Crippen LogP contribution >= 0.6 is 23.2 Å². The monoisotopic (exact) mass is 433 g/mol. The van der Waals surface area contributed by atoms with Crippen LogP contribution < -0.4 is 10.1 Å². The Morgan fingerprint density at radius 3 is 2.41 bits per heavy atom. The highest BCUT2D eigenvalue weighted by atomic mass is 35.5. The van der Waals surface area contributed by atoms with Crippen molar-refractivity contribution in [1.82, 2.24) is 0 Å². The highest BCUT2D eigenvalue weighted by Crippen LogP contribution is 2.38. The Kier molecular flexibility index (Phi) is 6.20. The van der Waals surface area contributed by atoms with E-state index in [1.54, 1.807) is 42.5 Å². The second-order valence-electron chi connectivity index (χ2n) is 6.68. The first-order chi connectivity index (χ1) is 13.8. The standard InChI is InChI=1S/C22H21Cl2NO4/c1-4-22(5-2,21(27)28-3)29-19-9-7-14(23)10-13(19)11-17-16-8-6-15(24)12-18(16)25-20(17)26/h6-12H,4-5H2,1-3H3,(H,25,26). The lowest BCUT2D eigenvalue weighted by molar-refractivity contribution is -0.159. The predicted molar refractivity (Wildman–Crippen MR) is 115 cm³/mol. The van der Waals surface area contributed by atoms with Crippen LogP contribution in [0.15, 0.2) is 36.4 Å². The number of hydrogen-bond donors (Lipinski definition) is 1. The van der Waals surface area contributed by atoms with Gasteiger partial charge in [0.15, 0.2) is 0 Å². The molecule has 1 amide bonds. The quantitative estimate of drug-likeness (QED) is 0.475. The largest absolute Gasteiger partial charge is 0.475 e. The third kappa shape index (κ3) is 4.11. The molecule has 0 aliphatic carbocycles. The van der Waals surface area contributed by atoms with Gasteiger partial charge in [-0.3, -0.25) is 4.79 Å². The van der Waals surface area contributed by atoms with E-state index in [1.807, 2.05) is 13.8 Å². The van der Waals surface area contributed by atoms with Gasteiger partial charge in [0, 0.05) is 26.7 Å². The summed E-state index contributed by atoms with van der Waals surface area (Å²) in [5, 5.41) is 3.82. The molecule has 0 fully saturated rings. The van der Waals surface area contributed by atoms with Crippen LogP contribution in [0.5, 0.6) is 5.75 Å². The number of amides is 1. The molecular formula is C22H21Cl2NO4. The third-order valence-corrected chi connectivity index (χ3v) is 5.51. The van der Waals surface area contributed by atoms with Gasteiger partial charge in [-0.2, -0.15) is 0 Å². The lowest BCUT2D eigenvalue weighted by Crippen LogP contribution is -2.44. The van der Waals surface area contributed by atoms with Crippen molar-refractivity contribution in [2.24, 2.45) is 0 Å². The van der Waals surface area contributed by atoms with E-state index in [2.05, 4.69) is 5.32 Å². The second kappa shape index (κ2) is 8.47. The number of ether oxygens (including phenoxy) is 2. The Bertz CT molecular complexity index is 996. The van der Waals surface area contributed by atoms with E-state index < -0.39 is 11.6 Å². The summed E-state index contributed by atoms with van der Waals surface area (Å²) in [6.45, 7) is 3.72. The van der Waals surface area contributed by atoms with Crippen LogP contribution in [0.1, 0.15) is 37.8 Å². The van der Waals surface area contributed by atoms with Crippen molar-refractivity contribution in [3.05, 3.63) is 57.6 Å². The van der Waals surface area contributed by atoms with Gasteiger partial charge >= 0.3 is 5.97 Å². The van der Waals surface area contributed by atoms with Gasteiger partial charge in [0.2, 0.25) is 5.60 Å². The lowest BCUT2D eigenvalue weighted by atomic mass is 9.96. The van der Waals surface area contributed by atoms with Crippen LogP contribution in [0.25, 0.3) is 11.6 Å². The van der Waals surface area contributed by atoms with Gasteiger partial charge in [-0.25, -0.2) is 4.79 Å². The molecule has 1 heterocycles. The van der Waals surface area contributed by atoms with Crippen molar-refractivity contribution in [1.29, 1.82) is 0 Å². The van der Waals surface area contributed by atoms with Crippen molar-refractivity contribution < 1.29 is 19.1 Å². The summed E-state index contributed by atoms with van der Waals surface area (Å²) in [5.41, 5.74) is 1.29. The summed E-state index contributed by atoms with van der Waals surface area (Å²) in [6, 6.07) is 10.3. The third-order valence-electron chi connectivity index (χ3n) is 5.04. The van der Waals surface area contributed by atoms with Gasteiger partial charge in [-0.1, -0.05) is 43.1 Å². The van der Waals surface area contributed by atoms with Gasteiger partial charge in [-0.15, -0.1) is 0 Å². The summed E-state index contributed by atoms with van der Waals surface area (Å²) >= 11 is 12.2. The fourth-order valence-electron chi connectivity index (χ4n) is 3.31. The number of anilines is 1. The summed E-state index contributed by atoms with van der Waals surface area (Å²) in [4.78, 5) is 24.9. The van der Waals surface area contributed by atoms with Crippen molar-refractivity contribution in [3.8, 4) is 5.75 Å². The number of benzene rings is 2. The van der Waals surface area contributed by atoms with Crippen LogP contribution in [-0.2, 0) is 14.3 Å². The Balaban J connectivity index is 2.08. The molecule has 152 valence electrons. The van der Waals surface area contributed by atoms with Crippen LogP contribution in [0, 0.1) is 0 Å². The molecule has 3 rings (SSSR count). The minimum atomic E-state index is -1.13. The van der Waals surface area contributed by atoms with Crippen LogP contribution in [-0.4, -0.2) is 24.6 Å². The molecule has 1 aliphatic heterocycles. The fraction of sp³-hybridized carbons (Fsp3) is 0.273. The fourth-order valence-corrected chi connectivity index (χ4v) is 3.66. The number of halogens is 2. The minimum absolute atomic E-state index is 0.251. The maximum atomic E-state index is 12.5. The van der Waals surface area contributed by atoms with Gasteiger partial charge in [0.1, 0.15) is 5.75 Å². The minimum Gasteiger partial charge on any atom is -0.475 e. The van der Waals surface area contributed by atoms with E-state index in [0.29, 0.717) is 45.5 Å². The van der Waals surface area contributed by atoms with E-state index in [4.69, 9.17) is 32.7 Å². The summed E-state index contributed by atoms with van der Waals surface area (Å²) in [6.07, 6.45) is 2.55. The van der Waals surface area contributed by atoms with Crippen molar-refractivity contribution in [2.45, 2.75) is 32.3 Å². The maximum absolute atomic E-state index is 12.5. The van der Waals surface area contributed by atoms with Crippen LogP contribution in [0.2, 0.25) is 10.0 Å². The molecule has 0 bridgehead atoms. The number of fused-ring (bicyclic) bond motifs is 1. The molecule has 1 N–H and O–H groups in total. The Morgan fingerprint density at radius 2 is 1.76 bits per heavy atom. The number of hydrogen-bond acceptors (Lipinski definition) is 4. The van der Waals surface area contributed by atoms with E-state index in [-0.39, 0.29) is 5.91 Å². The molecule has 5 nitrogen and oxygen atoms in total. The van der Waals surface area contributed by atoms with Gasteiger partial charge in [0.25, 0.3) is 5.91 Å². The summed E-state index contributed by atoms with van der Waals surface area (Å²) < 4.78 is 11.1.